The number of allylic oxidation sites excluding steroid dienone is 1. The number of nitriles is 1. The van der Waals surface area contributed by atoms with Gasteiger partial charge in [0.05, 0.1) is 6.07 Å². The zero-order valence-electron chi connectivity index (χ0n) is 8.76. The summed E-state index contributed by atoms with van der Waals surface area (Å²) in [5.74, 6) is 0. The van der Waals surface area contributed by atoms with E-state index in [0.717, 1.165) is 16.8 Å². The van der Waals surface area contributed by atoms with Crippen LogP contribution in [0.25, 0.3) is 6.08 Å². The molecule has 0 unspecified atom stereocenters. The molecule has 0 saturated heterocycles. The lowest BCUT2D eigenvalue weighted by Crippen LogP contribution is -1.89. The average Bonchev–Trinajstić information content (AvgIpc) is 2.20. The molecular formula is C12H14N2. The zero-order chi connectivity index (χ0) is 10.6. The van der Waals surface area contributed by atoms with Gasteiger partial charge in [-0.2, -0.15) is 5.26 Å². The SMILES string of the molecule is CNc1ccc(/C=C(/C)C#N)c(C)c1. The highest BCUT2D eigenvalue weighted by molar-refractivity contribution is 5.62. The molecule has 2 nitrogen and oxygen atoms in total. The van der Waals surface area contributed by atoms with Gasteiger partial charge in [-0.25, -0.2) is 0 Å². The monoisotopic (exact) mass is 186 g/mol. The molecule has 0 aromatic heterocycles. The van der Waals surface area contributed by atoms with Crippen molar-refractivity contribution in [1.82, 2.24) is 0 Å². The minimum absolute atomic E-state index is 0.727. The van der Waals surface area contributed by atoms with Crippen molar-refractivity contribution in [2.45, 2.75) is 13.8 Å². The molecule has 0 heterocycles. The van der Waals surface area contributed by atoms with E-state index in [-0.39, 0.29) is 0 Å². The summed E-state index contributed by atoms with van der Waals surface area (Å²) in [6.07, 6.45) is 1.90. The van der Waals surface area contributed by atoms with Crippen molar-refractivity contribution in [1.29, 1.82) is 5.26 Å². The second-order valence-electron chi connectivity index (χ2n) is 3.26. The van der Waals surface area contributed by atoms with Crippen molar-refractivity contribution in [2.75, 3.05) is 12.4 Å². The molecule has 0 aliphatic heterocycles. The number of nitrogens with zero attached hydrogens (tertiary/aromatic N) is 1. The van der Waals surface area contributed by atoms with Gasteiger partial charge in [0.1, 0.15) is 0 Å². The van der Waals surface area contributed by atoms with Gasteiger partial charge in [-0.05, 0) is 43.2 Å². The fourth-order valence-electron chi connectivity index (χ4n) is 1.26. The highest BCUT2D eigenvalue weighted by atomic mass is 14.8. The Bertz CT molecular complexity index is 397. The average molecular weight is 186 g/mol. The minimum Gasteiger partial charge on any atom is -0.388 e. The van der Waals surface area contributed by atoms with Crippen LogP contribution in [0.15, 0.2) is 23.8 Å². The van der Waals surface area contributed by atoms with Crippen LogP contribution in [0.3, 0.4) is 0 Å². The molecule has 0 fully saturated rings. The van der Waals surface area contributed by atoms with Crippen LogP contribution in [0.5, 0.6) is 0 Å². The van der Waals surface area contributed by atoms with E-state index in [1.54, 1.807) is 0 Å². The highest BCUT2D eigenvalue weighted by Crippen LogP contribution is 2.17. The first-order valence-corrected chi connectivity index (χ1v) is 4.54. The van der Waals surface area contributed by atoms with E-state index in [2.05, 4.69) is 17.5 Å². The van der Waals surface area contributed by atoms with Crippen LogP contribution < -0.4 is 5.32 Å². The maximum atomic E-state index is 8.66. The Morgan fingerprint density at radius 1 is 1.50 bits per heavy atom. The van der Waals surface area contributed by atoms with E-state index in [0.29, 0.717) is 0 Å². The fraction of sp³-hybridized carbons (Fsp3) is 0.250. The van der Waals surface area contributed by atoms with Crippen molar-refractivity contribution in [3.05, 3.63) is 34.9 Å². The third kappa shape index (κ3) is 2.37. The number of rotatable bonds is 2. The first-order valence-electron chi connectivity index (χ1n) is 4.54. The molecule has 2 heteroatoms. The Hall–Kier alpha value is -1.75. The molecule has 0 spiro atoms. The summed E-state index contributed by atoms with van der Waals surface area (Å²) in [5.41, 5.74) is 4.09. The molecule has 14 heavy (non-hydrogen) atoms. The minimum atomic E-state index is 0.727. The van der Waals surface area contributed by atoms with Gasteiger partial charge in [0.25, 0.3) is 0 Å². The van der Waals surface area contributed by atoms with E-state index in [1.807, 2.05) is 39.1 Å². The van der Waals surface area contributed by atoms with E-state index in [1.165, 1.54) is 5.56 Å². The Morgan fingerprint density at radius 2 is 2.21 bits per heavy atom. The van der Waals surface area contributed by atoms with Gasteiger partial charge in [0, 0.05) is 18.3 Å². The predicted octanol–water partition coefficient (Wildman–Crippen LogP) is 2.96. The van der Waals surface area contributed by atoms with E-state index in [9.17, 15) is 0 Å². The number of benzene rings is 1. The normalized spacial score (nSPS) is 10.9. The van der Waals surface area contributed by atoms with Crippen LogP contribution >= 0.6 is 0 Å². The van der Waals surface area contributed by atoms with Gasteiger partial charge in [-0.1, -0.05) is 6.07 Å². The van der Waals surface area contributed by atoms with Gasteiger partial charge in [0.2, 0.25) is 0 Å². The molecule has 0 radical (unpaired) electrons. The summed E-state index contributed by atoms with van der Waals surface area (Å²) in [5, 5.41) is 11.7. The Kier molecular flexibility index (Phi) is 3.30. The summed E-state index contributed by atoms with van der Waals surface area (Å²) < 4.78 is 0. The van der Waals surface area contributed by atoms with Crippen LogP contribution in [0, 0.1) is 18.3 Å². The molecule has 1 rings (SSSR count). The number of aryl methyl sites for hydroxylation is 1. The Labute approximate surface area is 84.9 Å². The molecule has 0 atom stereocenters. The third-order valence-electron chi connectivity index (χ3n) is 2.11. The van der Waals surface area contributed by atoms with Gasteiger partial charge < -0.3 is 5.32 Å². The van der Waals surface area contributed by atoms with Gasteiger partial charge >= 0.3 is 0 Å². The summed E-state index contributed by atoms with van der Waals surface area (Å²) in [4.78, 5) is 0. The van der Waals surface area contributed by atoms with Gasteiger partial charge in [-0.3, -0.25) is 0 Å². The zero-order valence-corrected chi connectivity index (χ0v) is 8.76. The van der Waals surface area contributed by atoms with E-state index >= 15 is 0 Å². The highest BCUT2D eigenvalue weighted by Gasteiger charge is 1.96. The number of hydrogen-bond acceptors (Lipinski definition) is 2. The van der Waals surface area contributed by atoms with E-state index < -0.39 is 0 Å². The van der Waals surface area contributed by atoms with E-state index in [4.69, 9.17) is 5.26 Å². The van der Waals surface area contributed by atoms with Crippen LogP contribution in [0.1, 0.15) is 18.1 Å². The summed E-state index contributed by atoms with van der Waals surface area (Å²) >= 11 is 0. The molecular weight excluding hydrogens is 172 g/mol. The Balaban J connectivity index is 3.08. The maximum Gasteiger partial charge on any atom is 0.0944 e. The lowest BCUT2D eigenvalue weighted by atomic mass is 10.1. The molecule has 0 aliphatic carbocycles. The van der Waals surface area contributed by atoms with Crippen molar-refractivity contribution in [3.63, 3.8) is 0 Å². The Morgan fingerprint density at radius 3 is 2.71 bits per heavy atom. The van der Waals surface area contributed by atoms with Crippen LogP contribution in [-0.4, -0.2) is 7.05 Å². The number of nitrogens with one attached hydrogen (secondary N) is 1. The predicted molar refractivity (Wildman–Crippen MR) is 60.0 cm³/mol. The molecule has 0 aliphatic rings. The second-order valence-corrected chi connectivity index (χ2v) is 3.26. The number of hydrogen-bond donors (Lipinski definition) is 1. The van der Waals surface area contributed by atoms with Crippen molar-refractivity contribution in [2.24, 2.45) is 0 Å². The summed E-state index contributed by atoms with van der Waals surface area (Å²) in [6.45, 7) is 3.85. The second kappa shape index (κ2) is 4.48. The first-order chi connectivity index (χ1) is 6.67. The largest absolute Gasteiger partial charge is 0.388 e. The molecule has 0 saturated carbocycles. The third-order valence-corrected chi connectivity index (χ3v) is 2.11. The molecule has 1 aromatic rings. The molecule has 0 bridgehead atoms. The first kappa shape index (κ1) is 10.3. The standard InChI is InChI=1S/C12H14N2/c1-9(8-13)6-11-4-5-12(14-3)7-10(11)2/h4-7,14H,1-3H3/b9-6-. The summed E-state index contributed by atoms with van der Waals surface area (Å²) in [6, 6.07) is 8.20. The molecule has 0 amide bonds. The van der Waals surface area contributed by atoms with Crippen LogP contribution in [0.4, 0.5) is 5.69 Å². The smallest absolute Gasteiger partial charge is 0.0944 e. The van der Waals surface area contributed by atoms with Crippen molar-refractivity contribution >= 4 is 11.8 Å². The quantitative estimate of drug-likeness (QED) is 0.721. The van der Waals surface area contributed by atoms with Crippen molar-refractivity contribution < 1.29 is 0 Å². The molecule has 1 aromatic carbocycles. The molecule has 1 N–H and O–H groups in total. The fourth-order valence-corrected chi connectivity index (χ4v) is 1.26. The van der Waals surface area contributed by atoms with Gasteiger partial charge in [-0.15, -0.1) is 0 Å². The van der Waals surface area contributed by atoms with Crippen LogP contribution in [0.2, 0.25) is 0 Å². The summed E-state index contributed by atoms with van der Waals surface area (Å²) in [7, 11) is 1.89. The lowest BCUT2D eigenvalue weighted by Gasteiger charge is -2.04. The molecule has 72 valence electrons. The topological polar surface area (TPSA) is 35.8 Å². The van der Waals surface area contributed by atoms with Crippen LogP contribution in [-0.2, 0) is 0 Å². The van der Waals surface area contributed by atoms with Crippen molar-refractivity contribution in [3.8, 4) is 6.07 Å². The number of anilines is 1. The van der Waals surface area contributed by atoms with Gasteiger partial charge in [0.15, 0.2) is 0 Å². The maximum absolute atomic E-state index is 8.66. The lowest BCUT2D eigenvalue weighted by molar-refractivity contribution is 1.40.